The lowest BCUT2D eigenvalue weighted by Crippen LogP contribution is -2.38. The van der Waals surface area contributed by atoms with Crippen LogP contribution in [-0.2, 0) is 11.3 Å². The van der Waals surface area contributed by atoms with Crippen LogP contribution in [0.4, 0.5) is 0 Å². The number of hydrogen-bond donors (Lipinski definition) is 0. The Hall–Kier alpha value is -1.92. The molecule has 3 heterocycles. The highest BCUT2D eigenvalue weighted by molar-refractivity contribution is 5.17. The summed E-state index contributed by atoms with van der Waals surface area (Å²) in [6.07, 6.45) is 4.96. The van der Waals surface area contributed by atoms with Crippen molar-refractivity contribution < 1.29 is 13.9 Å². The van der Waals surface area contributed by atoms with Gasteiger partial charge in [-0.25, -0.2) is 4.98 Å². The number of aromatic nitrogens is 2. The van der Waals surface area contributed by atoms with Crippen molar-refractivity contribution in [2.24, 2.45) is 0 Å². The Morgan fingerprint density at radius 3 is 3.10 bits per heavy atom. The molecule has 0 aromatic carbocycles. The molecule has 0 N–H and O–H groups in total. The van der Waals surface area contributed by atoms with E-state index in [2.05, 4.69) is 14.9 Å². The molecule has 1 aliphatic heterocycles. The Morgan fingerprint density at radius 2 is 2.30 bits per heavy atom. The van der Waals surface area contributed by atoms with Crippen LogP contribution in [0.1, 0.15) is 17.6 Å². The van der Waals surface area contributed by atoms with E-state index in [-0.39, 0.29) is 6.10 Å². The lowest BCUT2D eigenvalue weighted by Gasteiger charge is -2.31. The predicted octanol–water partition coefficient (Wildman–Crippen LogP) is 1.65. The van der Waals surface area contributed by atoms with Gasteiger partial charge in [0, 0.05) is 32.0 Å². The highest BCUT2D eigenvalue weighted by Gasteiger charge is 2.25. The molecule has 6 nitrogen and oxygen atoms in total. The fourth-order valence-corrected chi connectivity index (χ4v) is 2.34. The Morgan fingerprint density at radius 1 is 1.40 bits per heavy atom. The molecule has 1 aliphatic rings. The number of nitrogens with zero attached hydrogens (tertiary/aromatic N) is 3. The second kappa shape index (κ2) is 6.02. The Kier molecular flexibility index (Phi) is 3.94. The lowest BCUT2D eigenvalue weighted by atomic mass is 10.2. The summed E-state index contributed by atoms with van der Waals surface area (Å²) in [6, 6.07) is 3.82. The Bertz CT molecular complexity index is 544. The molecule has 1 unspecified atom stereocenters. The molecule has 0 radical (unpaired) electrons. The van der Waals surface area contributed by atoms with E-state index in [1.54, 1.807) is 25.8 Å². The second-order valence-electron chi connectivity index (χ2n) is 4.62. The molecule has 3 rings (SSSR count). The molecule has 0 amide bonds. The first kappa shape index (κ1) is 13.1. The van der Waals surface area contributed by atoms with Crippen LogP contribution >= 0.6 is 0 Å². The Balaban J connectivity index is 1.68. The van der Waals surface area contributed by atoms with Crippen molar-refractivity contribution in [1.82, 2.24) is 14.9 Å². The van der Waals surface area contributed by atoms with Gasteiger partial charge in [0.05, 0.1) is 20.0 Å². The average molecular weight is 275 g/mol. The van der Waals surface area contributed by atoms with Gasteiger partial charge in [-0.05, 0) is 12.1 Å². The van der Waals surface area contributed by atoms with Gasteiger partial charge in [-0.1, -0.05) is 0 Å². The number of ether oxygens (including phenoxy) is 2. The summed E-state index contributed by atoms with van der Waals surface area (Å²) in [5.74, 6) is 1.44. The van der Waals surface area contributed by atoms with Crippen molar-refractivity contribution >= 4 is 0 Å². The van der Waals surface area contributed by atoms with E-state index < -0.39 is 0 Å². The topological polar surface area (TPSA) is 60.6 Å². The van der Waals surface area contributed by atoms with Crippen LogP contribution in [0.25, 0.3) is 0 Å². The number of morpholine rings is 1. The van der Waals surface area contributed by atoms with Crippen LogP contribution < -0.4 is 4.74 Å². The number of rotatable bonds is 4. The Labute approximate surface area is 117 Å². The molecule has 1 saturated heterocycles. The van der Waals surface area contributed by atoms with Gasteiger partial charge < -0.3 is 13.9 Å². The van der Waals surface area contributed by atoms with Crippen LogP contribution in [0.2, 0.25) is 0 Å². The van der Waals surface area contributed by atoms with Gasteiger partial charge in [-0.15, -0.1) is 0 Å². The molecule has 1 atom stereocenters. The third-order valence-electron chi connectivity index (χ3n) is 3.31. The molecule has 2 aromatic rings. The zero-order valence-electron chi connectivity index (χ0n) is 11.4. The molecular formula is C14H17N3O3. The van der Waals surface area contributed by atoms with Crippen molar-refractivity contribution in [1.29, 1.82) is 0 Å². The summed E-state index contributed by atoms with van der Waals surface area (Å²) >= 11 is 0. The van der Waals surface area contributed by atoms with E-state index >= 15 is 0 Å². The van der Waals surface area contributed by atoms with Gasteiger partial charge in [-0.2, -0.15) is 0 Å². The van der Waals surface area contributed by atoms with Crippen molar-refractivity contribution in [2.75, 3.05) is 26.8 Å². The van der Waals surface area contributed by atoms with E-state index in [9.17, 15) is 0 Å². The largest absolute Gasteiger partial charge is 0.480 e. The number of furan rings is 1. The van der Waals surface area contributed by atoms with Gasteiger partial charge >= 0.3 is 0 Å². The van der Waals surface area contributed by atoms with Crippen LogP contribution in [0.3, 0.4) is 0 Å². The van der Waals surface area contributed by atoms with Gasteiger partial charge in [0.15, 0.2) is 0 Å². The third-order valence-corrected chi connectivity index (χ3v) is 3.31. The van der Waals surface area contributed by atoms with Gasteiger partial charge in [0.25, 0.3) is 0 Å². The first-order valence-electron chi connectivity index (χ1n) is 6.58. The van der Waals surface area contributed by atoms with Crippen LogP contribution in [-0.4, -0.2) is 41.7 Å². The summed E-state index contributed by atoms with van der Waals surface area (Å²) in [5.41, 5.74) is 0.843. The predicted molar refractivity (Wildman–Crippen MR) is 71.3 cm³/mol. The van der Waals surface area contributed by atoms with Crippen LogP contribution in [0, 0.1) is 0 Å². The minimum atomic E-state index is -0.0265. The molecule has 1 fully saturated rings. The van der Waals surface area contributed by atoms with E-state index in [0.717, 1.165) is 24.5 Å². The minimum absolute atomic E-state index is 0.0265. The van der Waals surface area contributed by atoms with Crippen molar-refractivity contribution in [3.8, 4) is 5.88 Å². The van der Waals surface area contributed by atoms with Gasteiger partial charge in [0.1, 0.15) is 17.6 Å². The maximum atomic E-state index is 5.74. The van der Waals surface area contributed by atoms with E-state index in [0.29, 0.717) is 19.0 Å². The van der Waals surface area contributed by atoms with Gasteiger partial charge in [0.2, 0.25) is 5.88 Å². The highest BCUT2D eigenvalue weighted by atomic mass is 16.5. The van der Waals surface area contributed by atoms with Crippen LogP contribution in [0.15, 0.2) is 35.2 Å². The van der Waals surface area contributed by atoms with E-state index in [1.165, 1.54) is 0 Å². The first-order chi connectivity index (χ1) is 9.86. The van der Waals surface area contributed by atoms with E-state index in [4.69, 9.17) is 13.9 Å². The monoisotopic (exact) mass is 275 g/mol. The molecule has 0 bridgehead atoms. The SMILES string of the molecule is COc1nccnc1CN1CCOC(c2ccco2)C1. The molecule has 0 saturated carbocycles. The maximum absolute atomic E-state index is 5.74. The highest BCUT2D eigenvalue weighted by Crippen LogP contribution is 2.24. The van der Waals surface area contributed by atoms with Crippen molar-refractivity contribution in [3.05, 3.63) is 42.2 Å². The first-order valence-corrected chi connectivity index (χ1v) is 6.58. The van der Waals surface area contributed by atoms with Crippen molar-refractivity contribution in [3.63, 3.8) is 0 Å². The summed E-state index contributed by atoms with van der Waals surface area (Å²) in [6.45, 7) is 3.00. The van der Waals surface area contributed by atoms with Crippen molar-refractivity contribution in [2.45, 2.75) is 12.6 Å². The molecule has 106 valence electrons. The van der Waals surface area contributed by atoms with Crippen LogP contribution in [0.5, 0.6) is 5.88 Å². The van der Waals surface area contributed by atoms with E-state index in [1.807, 2.05) is 12.1 Å². The second-order valence-corrected chi connectivity index (χ2v) is 4.62. The fraction of sp³-hybridized carbons (Fsp3) is 0.429. The zero-order valence-corrected chi connectivity index (χ0v) is 11.4. The standard InChI is InChI=1S/C14H17N3O3/c1-18-14-11(15-4-5-16-14)9-17-6-8-20-13(10-17)12-3-2-7-19-12/h2-5,7,13H,6,8-10H2,1H3. The van der Waals surface area contributed by atoms with Gasteiger partial charge in [-0.3, -0.25) is 9.88 Å². The minimum Gasteiger partial charge on any atom is -0.480 e. The summed E-state index contributed by atoms with van der Waals surface area (Å²) in [7, 11) is 1.61. The molecule has 6 heteroatoms. The molecular weight excluding hydrogens is 258 g/mol. The quantitative estimate of drug-likeness (QED) is 0.845. The zero-order chi connectivity index (χ0) is 13.8. The summed E-state index contributed by atoms with van der Waals surface area (Å²) in [4.78, 5) is 10.8. The molecule has 20 heavy (non-hydrogen) atoms. The normalized spacial score (nSPS) is 19.9. The summed E-state index contributed by atoms with van der Waals surface area (Å²) < 4.78 is 16.4. The smallest absolute Gasteiger partial charge is 0.236 e. The molecule has 2 aromatic heterocycles. The fourth-order valence-electron chi connectivity index (χ4n) is 2.34. The lowest BCUT2D eigenvalue weighted by molar-refractivity contribution is -0.0433. The average Bonchev–Trinajstić information content (AvgIpc) is 3.02. The maximum Gasteiger partial charge on any atom is 0.236 e. The number of methoxy groups -OCH3 is 1. The molecule has 0 spiro atoms. The third kappa shape index (κ3) is 2.81. The summed E-state index contributed by atoms with van der Waals surface area (Å²) in [5, 5.41) is 0. The molecule has 0 aliphatic carbocycles. The number of hydrogen-bond acceptors (Lipinski definition) is 6.